The average Bonchev–Trinajstić information content (AvgIpc) is 2.26. The highest BCUT2D eigenvalue weighted by Crippen LogP contribution is 2.35. The van der Waals surface area contributed by atoms with Crippen LogP contribution in [0.15, 0.2) is 12.3 Å². The van der Waals surface area contributed by atoms with Crippen molar-refractivity contribution in [3.05, 3.63) is 28.5 Å². The molecule has 1 rings (SSSR count). The fourth-order valence-electron chi connectivity index (χ4n) is 1.18. The molecule has 0 bridgehead atoms. The highest BCUT2D eigenvalue weighted by atomic mass is 35.5. The first-order chi connectivity index (χ1) is 7.77. The molecule has 4 N–H and O–H groups in total. The summed E-state index contributed by atoms with van der Waals surface area (Å²) in [4.78, 5) is 3.32. The summed E-state index contributed by atoms with van der Waals surface area (Å²) in [6.07, 6.45) is -6.61. The summed E-state index contributed by atoms with van der Waals surface area (Å²) in [5.74, 6) is 0. The van der Waals surface area contributed by atoms with Gasteiger partial charge in [-0.2, -0.15) is 13.2 Å². The van der Waals surface area contributed by atoms with E-state index in [1.807, 2.05) is 0 Å². The molecule has 1 aromatic rings. The Balaban J connectivity index is 3.13. The number of rotatable bonds is 3. The molecule has 96 valence electrons. The first kappa shape index (κ1) is 14.2. The second kappa shape index (κ2) is 5.18. The van der Waals surface area contributed by atoms with E-state index in [1.165, 1.54) is 0 Å². The SMILES string of the molecule is NCC(O)C(O)c1cnc(Cl)c(C(F)(F)F)c1. The minimum Gasteiger partial charge on any atom is -0.389 e. The number of nitrogens with zero attached hydrogens (tertiary/aromatic N) is 1. The molecule has 0 aliphatic rings. The third-order valence-electron chi connectivity index (χ3n) is 2.11. The second-order valence-corrected chi connectivity index (χ2v) is 3.71. The van der Waals surface area contributed by atoms with Crippen LogP contribution in [0, 0.1) is 0 Å². The molecule has 2 unspecified atom stereocenters. The zero-order valence-electron chi connectivity index (χ0n) is 8.45. The molecule has 0 saturated heterocycles. The third-order valence-corrected chi connectivity index (χ3v) is 2.41. The first-order valence-electron chi connectivity index (χ1n) is 4.56. The third kappa shape index (κ3) is 3.29. The van der Waals surface area contributed by atoms with Crippen molar-refractivity contribution in [1.82, 2.24) is 4.98 Å². The summed E-state index contributed by atoms with van der Waals surface area (Å²) < 4.78 is 37.4. The van der Waals surface area contributed by atoms with E-state index >= 15 is 0 Å². The van der Waals surface area contributed by atoms with Crippen LogP contribution in [0.5, 0.6) is 0 Å². The van der Waals surface area contributed by atoms with Gasteiger partial charge in [0.25, 0.3) is 0 Å². The number of halogens is 4. The van der Waals surface area contributed by atoms with Crippen molar-refractivity contribution in [1.29, 1.82) is 0 Å². The van der Waals surface area contributed by atoms with Gasteiger partial charge in [-0.25, -0.2) is 4.98 Å². The van der Waals surface area contributed by atoms with Crippen LogP contribution in [0.4, 0.5) is 13.2 Å². The average molecular weight is 271 g/mol. The van der Waals surface area contributed by atoms with Gasteiger partial charge < -0.3 is 15.9 Å². The topological polar surface area (TPSA) is 79.4 Å². The van der Waals surface area contributed by atoms with Crippen LogP contribution in [0.25, 0.3) is 0 Å². The lowest BCUT2D eigenvalue weighted by Gasteiger charge is -2.17. The molecule has 8 heteroatoms. The number of aromatic nitrogens is 1. The van der Waals surface area contributed by atoms with Crippen molar-refractivity contribution >= 4 is 11.6 Å². The van der Waals surface area contributed by atoms with Crippen LogP contribution >= 0.6 is 11.6 Å². The first-order valence-corrected chi connectivity index (χ1v) is 4.94. The molecule has 2 atom stereocenters. The molecule has 0 aliphatic heterocycles. The van der Waals surface area contributed by atoms with Crippen LogP contribution in [-0.2, 0) is 6.18 Å². The Morgan fingerprint density at radius 1 is 1.41 bits per heavy atom. The molecular formula is C9H10ClF3N2O2. The number of alkyl halides is 3. The molecule has 0 radical (unpaired) electrons. The molecule has 1 aromatic heterocycles. The lowest BCUT2D eigenvalue weighted by molar-refractivity contribution is -0.137. The predicted molar refractivity (Wildman–Crippen MR) is 54.3 cm³/mol. The van der Waals surface area contributed by atoms with E-state index in [1.54, 1.807) is 0 Å². The lowest BCUT2D eigenvalue weighted by atomic mass is 10.0. The fourth-order valence-corrected chi connectivity index (χ4v) is 1.39. The van der Waals surface area contributed by atoms with Gasteiger partial charge in [-0.3, -0.25) is 0 Å². The normalized spacial score (nSPS) is 15.7. The summed E-state index contributed by atoms with van der Waals surface area (Å²) >= 11 is 5.30. The van der Waals surface area contributed by atoms with Crippen molar-refractivity contribution in [3.63, 3.8) is 0 Å². The molecule has 0 spiro atoms. The van der Waals surface area contributed by atoms with Gasteiger partial charge in [0.15, 0.2) is 0 Å². The molecule has 0 amide bonds. The standard InChI is InChI=1S/C9H10ClF3N2O2/c10-8-5(9(11,12)13)1-4(3-15-8)7(17)6(16)2-14/h1,3,6-7,16-17H,2,14H2. The van der Waals surface area contributed by atoms with E-state index in [9.17, 15) is 23.4 Å². The van der Waals surface area contributed by atoms with Gasteiger partial charge in [-0.15, -0.1) is 0 Å². The number of hydrogen-bond donors (Lipinski definition) is 3. The van der Waals surface area contributed by atoms with Crippen molar-refractivity contribution in [2.24, 2.45) is 5.73 Å². The Kier molecular flexibility index (Phi) is 4.31. The van der Waals surface area contributed by atoms with Crippen LogP contribution < -0.4 is 5.73 Å². The summed E-state index contributed by atoms with van der Waals surface area (Å²) in [7, 11) is 0. The molecule has 17 heavy (non-hydrogen) atoms. The Morgan fingerprint density at radius 2 is 2.00 bits per heavy atom. The summed E-state index contributed by atoms with van der Waals surface area (Å²) in [5, 5.41) is 18.0. The maximum atomic E-state index is 12.5. The lowest BCUT2D eigenvalue weighted by Crippen LogP contribution is -2.27. The quantitative estimate of drug-likeness (QED) is 0.719. The van der Waals surface area contributed by atoms with Crippen molar-refractivity contribution < 1.29 is 23.4 Å². The van der Waals surface area contributed by atoms with Crippen molar-refractivity contribution in [2.75, 3.05) is 6.54 Å². The number of hydrogen-bond acceptors (Lipinski definition) is 4. The Bertz CT molecular complexity index is 400. The molecule has 0 saturated carbocycles. The number of nitrogens with two attached hydrogens (primary N) is 1. The van der Waals surface area contributed by atoms with Crippen LogP contribution in [-0.4, -0.2) is 27.8 Å². The largest absolute Gasteiger partial charge is 0.419 e. The maximum absolute atomic E-state index is 12.5. The van der Waals surface area contributed by atoms with Gasteiger partial charge >= 0.3 is 6.18 Å². The van der Waals surface area contributed by atoms with Gasteiger partial charge in [0, 0.05) is 18.3 Å². The van der Waals surface area contributed by atoms with E-state index < -0.39 is 29.1 Å². The molecule has 0 aromatic carbocycles. The van der Waals surface area contributed by atoms with Crippen LogP contribution in [0.3, 0.4) is 0 Å². The van der Waals surface area contributed by atoms with Crippen LogP contribution in [0.2, 0.25) is 5.15 Å². The van der Waals surface area contributed by atoms with Crippen LogP contribution in [0.1, 0.15) is 17.2 Å². The van der Waals surface area contributed by atoms with E-state index in [0.29, 0.717) is 6.07 Å². The molecule has 0 aliphatic carbocycles. The molecular weight excluding hydrogens is 261 g/mol. The van der Waals surface area contributed by atoms with Gasteiger partial charge in [0.05, 0.1) is 11.7 Å². The van der Waals surface area contributed by atoms with Crippen molar-refractivity contribution in [3.8, 4) is 0 Å². The fraction of sp³-hybridized carbons (Fsp3) is 0.444. The summed E-state index contributed by atoms with van der Waals surface area (Å²) in [5.41, 5.74) is 3.72. The van der Waals surface area contributed by atoms with Crippen molar-refractivity contribution in [2.45, 2.75) is 18.4 Å². The Hall–Kier alpha value is -0.890. The Labute approximate surface area is 99.8 Å². The van der Waals surface area contributed by atoms with E-state index in [4.69, 9.17) is 17.3 Å². The number of aliphatic hydroxyl groups excluding tert-OH is 2. The predicted octanol–water partition coefficient (Wildman–Crippen LogP) is 1.11. The maximum Gasteiger partial charge on any atom is 0.419 e. The van der Waals surface area contributed by atoms with Gasteiger partial charge in [0.1, 0.15) is 11.3 Å². The molecule has 1 heterocycles. The van der Waals surface area contributed by atoms with Gasteiger partial charge in [0.2, 0.25) is 0 Å². The van der Waals surface area contributed by atoms with E-state index in [-0.39, 0.29) is 12.1 Å². The highest BCUT2D eigenvalue weighted by Gasteiger charge is 2.35. The van der Waals surface area contributed by atoms with E-state index in [2.05, 4.69) is 4.98 Å². The van der Waals surface area contributed by atoms with Gasteiger partial charge in [-0.05, 0) is 6.07 Å². The zero-order valence-corrected chi connectivity index (χ0v) is 9.20. The molecule has 0 fully saturated rings. The summed E-state index contributed by atoms with van der Waals surface area (Å²) in [6, 6.07) is 0.638. The minimum atomic E-state index is -4.67. The minimum absolute atomic E-state index is 0.195. The second-order valence-electron chi connectivity index (χ2n) is 3.35. The number of aliphatic hydroxyl groups is 2. The summed E-state index contributed by atoms with van der Waals surface area (Å²) in [6.45, 7) is -0.287. The number of pyridine rings is 1. The highest BCUT2D eigenvalue weighted by molar-refractivity contribution is 6.30. The van der Waals surface area contributed by atoms with Gasteiger partial charge in [-0.1, -0.05) is 11.6 Å². The molecule has 4 nitrogen and oxygen atoms in total. The van der Waals surface area contributed by atoms with E-state index in [0.717, 1.165) is 6.20 Å². The Morgan fingerprint density at radius 3 is 2.47 bits per heavy atom. The smallest absolute Gasteiger partial charge is 0.389 e. The zero-order chi connectivity index (χ0) is 13.2. The monoisotopic (exact) mass is 270 g/mol.